The van der Waals surface area contributed by atoms with E-state index in [4.69, 9.17) is 0 Å². The van der Waals surface area contributed by atoms with E-state index < -0.39 is 28.3 Å². The van der Waals surface area contributed by atoms with Crippen LogP contribution in [0.1, 0.15) is 12.0 Å². The van der Waals surface area contributed by atoms with E-state index in [2.05, 4.69) is 20.6 Å². The summed E-state index contributed by atoms with van der Waals surface area (Å²) in [5.41, 5.74) is -1.11. The summed E-state index contributed by atoms with van der Waals surface area (Å²) in [6.45, 7) is -0.0553. The summed E-state index contributed by atoms with van der Waals surface area (Å²) < 4.78 is 38.2. The van der Waals surface area contributed by atoms with Crippen LogP contribution >= 0.6 is 0 Å². The van der Waals surface area contributed by atoms with Crippen molar-refractivity contribution in [3.05, 3.63) is 70.5 Å². The van der Waals surface area contributed by atoms with Gasteiger partial charge in [-0.1, -0.05) is 12.1 Å². The molecule has 9 nitrogen and oxygen atoms in total. The van der Waals surface area contributed by atoms with Crippen LogP contribution in [0, 0.1) is 10.1 Å². The lowest BCUT2D eigenvalue weighted by molar-refractivity contribution is -0.384. The van der Waals surface area contributed by atoms with Gasteiger partial charge >= 0.3 is 6.18 Å². The summed E-state index contributed by atoms with van der Waals surface area (Å²) in [5.74, 6) is -0.0554. The number of hydrogen-bond acceptors (Lipinski definition) is 7. The van der Waals surface area contributed by atoms with E-state index in [-0.39, 0.29) is 24.4 Å². The van der Waals surface area contributed by atoms with Crippen molar-refractivity contribution in [2.75, 3.05) is 17.2 Å². The summed E-state index contributed by atoms with van der Waals surface area (Å²) in [7, 11) is 0. The molecule has 0 aliphatic carbocycles. The second-order valence-corrected chi connectivity index (χ2v) is 6.56. The Bertz CT molecular complexity index is 1140. The first-order valence-electron chi connectivity index (χ1n) is 9.14. The molecule has 0 aliphatic heterocycles. The van der Waals surface area contributed by atoms with E-state index in [0.29, 0.717) is 23.1 Å². The first kappa shape index (κ1) is 22.5. The molecule has 1 heterocycles. The Morgan fingerprint density at radius 2 is 1.84 bits per heavy atom. The van der Waals surface area contributed by atoms with Gasteiger partial charge in [0, 0.05) is 24.6 Å². The van der Waals surface area contributed by atoms with Gasteiger partial charge in [-0.25, -0.2) is 9.97 Å². The summed E-state index contributed by atoms with van der Waals surface area (Å²) in [6, 6.07) is 8.45. The van der Waals surface area contributed by atoms with E-state index in [1.54, 1.807) is 12.1 Å². The Kier molecular flexibility index (Phi) is 6.52. The highest BCUT2D eigenvalue weighted by molar-refractivity contribution is 5.90. The van der Waals surface area contributed by atoms with E-state index in [0.717, 1.165) is 12.1 Å². The van der Waals surface area contributed by atoms with Crippen molar-refractivity contribution in [1.29, 1.82) is 0 Å². The van der Waals surface area contributed by atoms with Gasteiger partial charge in [-0.2, -0.15) is 13.2 Å². The van der Waals surface area contributed by atoms with Gasteiger partial charge in [0.05, 0.1) is 28.6 Å². The number of nitro groups is 1. The van der Waals surface area contributed by atoms with Gasteiger partial charge < -0.3 is 15.7 Å². The number of aromatic hydroxyl groups is 1. The van der Waals surface area contributed by atoms with E-state index in [9.17, 15) is 33.2 Å². The van der Waals surface area contributed by atoms with Crippen LogP contribution in [-0.2, 0) is 11.0 Å². The number of aromatic nitrogens is 2. The van der Waals surface area contributed by atoms with Crippen LogP contribution < -0.4 is 10.6 Å². The fourth-order valence-electron chi connectivity index (χ4n) is 2.73. The van der Waals surface area contributed by atoms with Gasteiger partial charge in [-0.3, -0.25) is 14.9 Å². The minimum atomic E-state index is -4.71. The Labute approximate surface area is 179 Å². The minimum absolute atomic E-state index is 0.0553. The van der Waals surface area contributed by atoms with Gasteiger partial charge in [0.25, 0.3) is 5.69 Å². The fourth-order valence-corrected chi connectivity index (χ4v) is 2.73. The first-order valence-corrected chi connectivity index (χ1v) is 9.14. The predicted octanol–water partition coefficient (Wildman–Crippen LogP) is 4.22. The molecule has 1 amide bonds. The third-order valence-corrected chi connectivity index (χ3v) is 4.23. The third kappa shape index (κ3) is 5.68. The molecule has 0 spiro atoms. The standard InChI is InChI=1S/C20H16F3N5O4/c21-20(22,23)13-4-5-16(17(9-13)28(31)32)24-7-6-18(30)27-14-10-25-19(26-11-14)12-2-1-3-15(29)8-12/h1-5,8-11,24,29H,6-7H2,(H,27,30). The first-order chi connectivity index (χ1) is 15.1. The predicted molar refractivity (Wildman–Crippen MR) is 109 cm³/mol. The molecule has 0 saturated heterocycles. The molecule has 1 aromatic heterocycles. The van der Waals surface area contributed by atoms with Gasteiger partial charge in [-0.05, 0) is 24.3 Å². The maximum absolute atomic E-state index is 12.7. The highest BCUT2D eigenvalue weighted by Gasteiger charge is 2.33. The Hall–Kier alpha value is -4.22. The zero-order valence-corrected chi connectivity index (χ0v) is 16.3. The number of alkyl halides is 3. The van der Waals surface area contributed by atoms with Crippen LogP contribution in [0.15, 0.2) is 54.9 Å². The quantitative estimate of drug-likeness (QED) is 0.365. The molecule has 166 valence electrons. The number of phenols is 1. The zero-order valence-electron chi connectivity index (χ0n) is 16.3. The van der Waals surface area contributed by atoms with Crippen molar-refractivity contribution in [2.45, 2.75) is 12.6 Å². The molecule has 0 fully saturated rings. The monoisotopic (exact) mass is 447 g/mol. The molecule has 32 heavy (non-hydrogen) atoms. The van der Waals surface area contributed by atoms with Crippen molar-refractivity contribution in [2.24, 2.45) is 0 Å². The number of carbonyl (C=O) groups excluding carboxylic acids is 1. The van der Waals surface area contributed by atoms with E-state index in [1.165, 1.54) is 24.5 Å². The summed E-state index contributed by atoms with van der Waals surface area (Å²) in [5, 5.41) is 25.7. The fraction of sp³-hybridized carbons (Fsp3) is 0.150. The van der Waals surface area contributed by atoms with Crippen molar-refractivity contribution >= 4 is 23.0 Å². The lowest BCUT2D eigenvalue weighted by Crippen LogP contribution is -2.17. The largest absolute Gasteiger partial charge is 0.508 e. The van der Waals surface area contributed by atoms with E-state index >= 15 is 0 Å². The Morgan fingerprint density at radius 1 is 1.12 bits per heavy atom. The number of hydrogen-bond donors (Lipinski definition) is 3. The molecule has 3 N–H and O–H groups in total. The molecular weight excluding hydrogens is 431 g/mol. The number of nitrogens with zero attached hydrogens (tertiary/aromatic N) is 3. The van der Waals surface area contributed by atoms with Gasteiger partial charge in [0.2, 0.25) is 5.91 Å². The second kappa shape index (κ2) is 9.29. The van der Waals surface area contributed by atoms with Crippen molar-refractivity contribution < 1.29 is 28.0 Å². The SMILES string of the molecule is O=C(CCNc1ccc(C(F)(F)F)cc1[N+](=O)[O-])Nc1cnc(-c2cccc(O)c2)nc1. The number of anilines is 2. The lowest BCUT2D eigenvalue weighted by Gasteiger charge is -2.11. The molecule has 0 aliphatic rings. The molecule has 0 bridgehead atoms. The number of nitrogens with one attached hydrogen (secondary N) is 2. The van der Waals surface area contributed by atoms with Crippen LogP contribution in [0.5, 0.6) is 5.75 Å². The van der Waals surface area contributed by atoms with Crippen molar-refractivity contribution in [1.82, 2.24) is 9.97 Å². The zero-order chi connectivity index (χ0) is 23.3. The second-order valence-electron chi connectivity index (χ2n) is 6.56. The molecule has 3 aromatic rings. The molecule has 12 heteroatoms. The number of benzene rings is 2. The topological polar surface area (TPSA) is 130 Å². The molecule has 0 saturated carbocycles. The van der Waals surface area contributed by atoms with Crippen LogP contribution in [-0.4, -0.2) is 32.4 Å². The van der Waals surface area contributed by atoms with Crippen molar-refractivity contribution in [3.63, 3.8) is 0 Å². The highest BCUT2D eigenvalue weighted by Crippen LogP contribution is 2.34. The van der Waals surface area contributed by atoms with Gasteiger partial charge in [-0.15, -0.1) is 0 Å². The third-order valence-electron chi connectivity index (χ3n) is 4.23. The number of halogens is 3. The summed E-state index contributed by atoms with van der Waals surface area (Å²) >= 11 is 0. The smallest absolute Gasteiger partial charge is 0.416 e. The Morgan fingerprint density at radius 3 is 2.47 bits per heavy atom. The van der Waals surface area contributed by atoms with Crippen LogP contribution in [0.25, 0.3) is 11.4 Å². The summed E-state index contributed by atoms with van der Waals surface area (Å²) in [4.78, 5) is 30.5. The maximum Gasteiger partial charge on any atom is 0.416 e. The minimum Gasteiger partial charge on any atom is -0.508 e. The summed E-state index contributed by atoms with van der Waals surface area (Å²) in [6.07, 6.45) is -2.08. The van der Waals surface area contributed by atoms with Crippen LogP contribution in [0.4, 0.5) is 30.2 Å². The lowest BCUT2D eigenvalue weighted by atomic mass is 10.1. The number of carbonyl (C=O) groups is 1. The van der Waals surface area contributed by atoms with Gasteiger partial charge in [0.1, 0.15) is 11.4 Å². The number of amides is 1. The van der Waals surface area contributed by atoms with E-state index in [1.807, 2.05) is 0 Å². The number of phenolic OH excluding ortho intramolecular Hbond substituents is 1. The average Bonchev–Trinajstić information content (AvgIpc) is 2.73. The molecule has 0 atom stereocenters. The highest BCUT2D eigenvalue weighted by atomic mass is 19.4. The molecule has 0 radical (unpaired) electrons. The molecule has 2 aromatic carbocycles. The average molecular weight is 447 g/mol. The maximum atomic E-state index is 12.7. The Balaban J connectivity index is 1.57. The normalized spacial score (nSPS) is 11.1. The molecule has 3 rings (SSSR count). The van der Waals surface area contributed by atoms with Crippen molar-refractivity contribution in [3.8, 4) is 17.1 Å². The molecule has 0 unspecified atom stereocenters. The van der Waals surface area contributed by atoms with Crippen LogP contribution in [0.3, 0.4) is 0 Å². The number of nitro benzene ring substituents is 1. The van der Waals surface area contributed by atoms with Gasteiger partial charge in [0.15, 0.2) is 5.82 Å². The number of rotatable bonds is 7. The van der Waals surface area contributed by atoms with Crippen LogP contribution in [0.2, 0.25) is 0 Å². The molecular formula is C20H16F3N5O4.